The molecule has 1 aromatic carbocycles. The van der Waals surface area contributed by atoms with Crippen LogP contribution in [0.15, 0.2) is 24.3 Å². The lowest BCUT2D eigenvalue weighted by Gasteiger charge is -2.31. The van der Waals surface area contributed by atoms with E-state index in [-0.39, 0.29) is 0 Å². The molecule has 100 valence electrons. The molecule has 2 rings (SSSR count). The molecule has 0 aromatic heterocycles. The molecule has 1 heterocycles. The molecule has 0 aliphatic carbocycles. The van der Waals surface area contributed by atoms with E-state index in [1.807, 2.05) is 31.2 Å². The summed E-state index contributed by atoms with van der Waals surface area (Å²) in [5.74, 6) is 0.584. The van der Waals surface area contributed by atoms with Gasteiger partial charge in [-0.3, -0.25) is 0 Å². The molecule has 1 aliphatic rings. The second kappa shape index (κ2) is 6.05. The minimum absolute atomic E-state index is 0.584. The highest BCUT2D eigenvalue weighted by Gasteiger charge is 2.27. The molecule has 2 nitrogen and oxygen atoms in total. The van der Waals surface area contributed by atoms with Gasteiger partial charge in [0.15, 0.2) is 0 Å². The van der Waals surface area contributed by atoms with Gasteiger partial charge in [0, 0.05) is 24.7 Å². The summed E-state index contributed by atoms with van der Waals surface area (Å²) < 4.78 is 5.35. The smallest absolute Gasteiger partial charge is 0.0662 e. The number of aliphatic hydroxyl groups is 1. The Kier molecular flexibility index (Phi) is 4.66. The predicted molar refractivity (Wildman–Crippen MR) is 73.9 cm³/mol. The average Bonchev–Trinajstić information content (AvgIpc) is 2.32. The van der Waals surface area contributed by atoms with Crippen LogP contribution < -0.4 is 0 Å². The Morgan fingerprint density at radius 3 is 2.50 bits per heavy atom. The summed E-state index contributed by atoms with van der Waals surface area (Å²) >= 11 is 5.86. The molecule has 18 heavy (non-hydrogen) atoms. The minimum atomic E-state index is -0.643. The summed E-state index contributed by atoms with van der Waals surface area (Å²) in [7, 11) is 0. The first-order valence-electron chi connectivity index (χ1n) is 6.60. The van der Waals surface area contributed by atoms with Crippen LogP contribution in [-0.4, -0.2) is 23.9 Å². The van der Waals surface area contributed by atoms with Gasteiger partial charge in [0.2, 0.25) is 0 Å². The van der Waals surface area contributed by atoms with Gasteiger partial charge < -0.3 is 9.84 Å². The Bertz CT molecular complexity index is 367. The van der Waals surface area contributed by atoms with Gasteiger partial charge in [-0.25, -0.2) is 0 Å². The Balaban J connectivity index is 1.91. The fourth-order valence-corrected chi connectivity index (χ4v) is 2.81. The van der Waals surface area contributed by atoms with Crippen LogP contribution in [0.2, 0.25) is 5.02 Å². The van der Waals surface area contributed by atoms with Gasteiger partial charge in [-0.2, -0.15) is 0 Å². The molecular formula is C15H21ClO2. The minimum Gasteiger partial charge on any atom is -0.390 e. The molecule has 1 saturated heterocycles. The Morgan fingerprint density at radius 2 is 1.89 bits per heavy atom. The van der Waals surface area contributed by atoms with E-state index < -0.39 is 5.60 Å². The Hall–Kier alpha value is -0.570. The number of hydrogen-bond acceptors (Lipinski definition) is 2. The number of hydrogen-bond donors (Lipinski definition) is 1. The SMILES string of the molecule is CC(O)(Cc1ccc(Cl)cc1)CC1CCOCC1. The Morgan fingerprint density at radius 1 is 1.28 bits per heavy atom. The van der Waals surface area contributed by atoms with Crippen molar-refractivity contribution in [2.75, 3.05) is 13.2 Å². The van der Waals surface area contributed by atoms with E-state index in [2.05, 4.69) is 0 Å². The molecule has 0 radical (unpaired) electrons. The number of benzene rings is 1. The van der Waals surface area contributed by atoms with Gasteiger partial charge in [0.1, 0.15) is 0 Å². The maximum atomic E-state index is 10.5. The van der Waals surface area contributed by atoms with Crippen molar-refractivity contribution < 1.29 is 9.84 Å². The van der Waals surface area contributed by atoms with Crippen molar-refractivity contribution in [2.45, 2.75) is 38.2 Å². The second-order valence-corrected chi connectivity index (χ2v) is 6.00. The number of halogens is 1. The van der Waals surface area contributed by atoms with E-state index in [1.165, 1.54) is 0 Å². The zero-order valence-corrected chi connectivity index (χ0v) is 11.6. The Labute approximate surface area is 114 Å². The summed E-state index contributed by atoms with van der Waals surface area (Å²) in [5, 5.41) is 11.3. The zero-order valence-electron chi connectivity index (χ0n) is 10.9. The van der Waals surface area contributed by atoms with Crippen LogP contribution in [0.4, 0.5) is 0 Å². The first kappa shape index (κ1) is 13.9. The predicted octanol–water partition coefficient (Wildman–Crippen LogP) is 3.45. The first-order chi connectivity index (χ1) is 8.55. The number of ether oxygens (including phenoxy) is 1. The molecule has 0 spiro atoms. The van der Waals surface area contributed by atoms with Gasteiger partial charge in [-0.1, -0.05) is 23.7 Å². The van der Waals surface area contributed by atoms with Gasteiger partial charge in [0.25, 0.3) is 0 Å². The van der Waals surface area contributed by atoms with E-state index in [1.54, 1.807) is 0 Å². The van der Waals surface area contributed by atoms with Gasteiger partial charge >= 0.3 is 0 Å². The lowest BCUT2D eigenvalue weighted by atomic mass is 9.83. The molecule has 1 aliphatic heterocycles. The van der Waals surface area contributed by atoms with Crippen LogP contribution in [0.1, 0.15) is 31.7 Å². The van der Waals surface area contributed by atoms with E-state index in [0.717, 1.165) is 43.1 Å². The first-order valence-corrected chi connectivity index (χ1v) is 6.97. The molecule has 1 unspecified atom stereocenters. The van der Waals surface area contributed by atoms with Crippen molar-refractivity contribution in [1.82, 2.24) is 0 Å². The lowest BCUT2D eigenvalue weighted by Crippen LogP contribution is -2.32. The van der Waals surface area contributed by atoms with E-state index >= 15 is 0 Å². The summed E-state index contributed by atoms with van der Waals surface area (Å²) in [5.41, 5.74) is 0.493. The van der Waals surface area contributed by atoms with E-state index in [9.17, 15) is 5.11 Å². The van der Waals surface area contributed by atoms with E-state index in [0.29, 0.717) is 12.3 Å². The number of rotatable bonds is 4. The summed E-state index contributed by atoms with van der Waals surface area (Å²) in [6, 6.07) is 7.73. The van der Waals surface area contributed by atoms with Crippen LogP contribution in [0.3, 0.4) is 0 Å². The normalized spacial score (nSPS) is 20.6. The van der Waals surface area contributed by atoms with Crippen molar-refractivity contribution in [1.29, 1.82) is 0 Å². The summed E-state index contributed by atoms with van der Waals surface area (Å²) in [6.07, 6.45) is 3.66. The van der Waals surface area contributed by atoms with Crippen LogP contribution in [0.5, 0.6) is 0 Å². The van der Waals surface area contributed by atoms with Crippen LogP contribution in [0.25, 0.3) is 0 Å². The molecule has 1 N–H and O–H groups in total. The van der Waals surface area contributed by atoms with Crippen molar-refractivity contribution in [3.63, 3.8) is 0 Å². The quantitative estimate of drug-likeness (QED) is 0.906. The van der Waals surface area contributed by atoms with Crippen LogP contribution in [-0.2, 0) is 11.2 Å². The van der Waals surface area contributed by atoms with Crippen molar-refractivity contribution >= 4 is 11.6 Å². The fourth-order valence-electron chi connectivity index (χ4n) is 2.69. The maximum Gasteiger partial charge on any atom is 0.0662 e. The highest BCUT2D eigenvalue weighted by molar-refractivity contribution is 6.30. The molecule has 3 heteroatoms. The van der Waals surface area contributed by atoms with Gasteiger partial charge in [-0.05, 0) is 49.8 Å². The van der Waals surface area contributed by atoms with E-state index in [4.69, 9.17) is 16.3 Å². The average molecular weight is 269 g/mol. The van der Waals surface area contributed by atoms with Crippen LogP contribution >= 0.6 is 11.6 Å². The highest BCUT2D eigenvalue weighted by atomic mass is 35.5. The largest absolute Gasteiger partial charge is 0.390 e. The fraction of sp³-hybridized carbons (Fsp3) is 0.600. The summed E-state index contributed by atoms with van der Waals surface area (Å²) in [4.78, 5) is 0. The lowest BCUT2D eigenvalue weighted by molar-refractivity contribution is 0.000364. The topological polar surface area (TPSA) is 29.5 Å². The third kappa shape index (κ3) is 4.27. The second-order valence-electron chi connectivity index (χ2n) is 5.56. The molecule has 1 atom stereocenters. The van der Waals surface area contributed by atoms with Gasteiger partial charge in [0.05, 0.1) is 5.60 Å². The van der Waals surface area contributed by atoms with Gasteiger partial charge in [-0.15, -0.1) is 0 Å². The molecule has 1 fully saturated rings. The molecule has 1 aromatic rings. The van der Waals surface area contributed by atoms with Crippen molar-refractivity contribution in [2.24, 2.45) is 5.92 Å². The maximum absolute atomic E-state index is 10.5. The van der Waals surface area contributed by atoms with Crippen molar-refractivity contribution in [3.8, 4) is 0 Å². The molecular weight excluding hydrogens is 248 g/mol. The van der Waals surface area contributed by atoms with Crippen molar-refractivity contribution in [3.05, 3.63) is 34.9 Å². The molecule has 0 bridgehead atoms. The zero-order chi connectivity index (χ0) is 13.0. The third-order valence-electron chi connectivity index (χ3n) is 3.57. The third-order valence-corrected chi connectivity index (χ3v) is 3.82. The standard InChI is InChI=1S/C15H21ClO2/c1-15(17,11-13-6-8-18-9-7-13)10-12-2-4-14(16)5-3-12/h2-5,13,17H,6-11H2,1H3. The summed E-state index contributed by atoms with van der Waals surface area (Å²) in [6.45, 7) is 3.60. The van der Waals surface area contributed by atoms with Crippen LogP contribution in [0, 0.1) is 5.92 Å². The molecule has 0 amide bonds. The molecule has 0 saturated carbocycles. The highest BCUT2D eigenvalue weighted by Crippen LogP contribution is 2.28. The monoisotopic (exact) mass is 268 g/mol.